The molecule has 1 aliphatic carbocycles. The zero-order chi connectivity index (χ0) is 26.2. The molecule has 0 bridgehead atoms. The van der Waals surface area contributed by atoms with Crippen LogP contribution < -0.4 is 15.4 Å². The minimum absolute atomic E-state index is 0.0184. The van der Waals surface area contributed by atoms with Gasteiger partial charge in [-0.1, -0.05) is 36.5 Å². The number of carbonyl (C=O) groups excluding carboxylic acids is 4. The molecule has 36 heavy (non-hydrogen) atoms. The molecule has 1 aromatic carbocycles. The van der Waals surface area contributed by atoms with Crippen molar-refractivity contribution < 1.29 is 23.9 Å². The Morgan fingerprint density at radius 3 is 2.69 bits per heavy atom. The fraction of sp³-hybridized carbons (Fsp3) is 0.615. The summed E-state index contributed by atoms with van der Waals surface area (Å²) in [7, 11) is 0. The molecule has 2 heterocycles. The largest absolute Gasteiger partial charge is 0.476 e. The first-order valence-electron chi connectivity index (χ1n) is 12.5. The van der Waals surface area contributed by atoms with Crippen LogP contribution in [0.15, 0.2) is 18.2 Å². The summed E-state index contributed by atoms with van der Waals surface area (Å²) in [4.78, 5) is 52.9. The molecule has 3 aliphatic rings. The number of nitrogens with one attached hydrogen (secondary N) is 2. The van der Waals surface area contributed by atoms with E-state index < -0.39 is 17.7 Å². The van der Waals surface area contributed by atoms with Gasteiger partial charge in [-0.25, -0.2) is 0 Å². The molecule has 3 amide bonds. The van der Waals surface area contributed by atoms with Crippen molar-refractivity contribution >= 4 is 47.2 Å². The number of benzene rings is 1. The lowest BCUT2D eigenvalue weighted by Gasteiger charge is -2.35. The van der Waals surface area contributed by atoms with Crippen LogP contribution in [-0.2, 0) is 19.2 Å². The number of fused-ring (bicyclic) bond motifs is 1. The maximum atomic E-state index is 13.7. The van der Waals surface area contributed by atoms with E-state index in [1.54, 1.807) is 36.9 Å². The zero-order valence-corrected chi connectivity index (χ0v) is 22.3. The Morgan fingerprint density at radius 2 is 2.06 bits per heavy atom. The summed E-state index contributed by atoms with van der Waals surface area (Å²) >= 11 is 12.2. The van der Waals surface area contributed by atoms with Crippen molar-refractivity contribution in [3.05, 3.63) is 28.2 Å². The summed E-state index contributed by atoms with van der Waals surface area (Å²) in [6.07, 6.45) is 3.70. The van der Waals surface area contributed by atoms with Gasteiger partial charge >= 0.3 is 0 Å². The van der Waals surface area contributed by atoms with Gasteiger partial charge in [0.1, 0.15) is 18.1 Å². The molecule has 0 aromatic heterocycles. The van der Waals surface area contributed by atoms with E-state index in [9.17, 15) is 19.2 Å². The standard InChI is InChI=1S/C26H33Cl2N3O5/c1-14-11-29-23(33)19(14)10-17(13-32)30-24(34)22-18-6-4-5-15(18)12-31(22)25(35)26(2,3)36-21-8-7-16(27)9-20(21)28/h7-9,13-15,17-19,22H,4-6,10-12H2,1-3H3,(H,29,33)(H,30,34)/t14?,15-,17-,18?,19+,22-/m0/s1. The third-order valence-corrected chi connectivity index (χ3v) is 8.35. The smallest absolute Gasteiger partial charge is 0.266 e. The Morgan fingerprint density at radius 1 is 1.31 bits per heavy atom. The van der Waals surface area contributed by atoms with Crippen LogP contribution in [0.4, 0.5) is 0 Å². The van der Waals surface area contributed by atoms with Crippen molar-refractivity contribution in [2.75, 3.05) is 13.1 Å². The van der Waals surface area contributed by atoms with Crippen molar-refractivity contribution in [3.8, 4) is 5.75 Å². The number of hydrogen-bond acceptors (Lipinski definition) is 5. The van der Waals surface area contributed by atoms with Gasteiger partial charge in [0.15, 0.2) is 5.60 Å². The van der Waals surface area contributed by atoms with Crippen molar-refractivity contribution in [1.29, 1.82) is 0 Å². The molecule has 2 aliphatic heterocycles. The molecular formula is C26H33Cl2N3O5. The van der Waals surface area contributed by atoms with Gasteiger partial charge in [0.25, 0.3) is 5.91 Å². The van der Waals surface area contributed by atoms with Gasteiger partial charge in [-0.3, -0.25) is 14.4 Å². The van der Waals surface area contributed by atoms with E-state index in [4.69, 9.17) is 27.9 Å². The highest BCUT2D eigenvalue weighted by molar-refractivity contribution is 6.35. The van der Waals surface area contributed by atoms with E-state index in [1.165, 1.54) is 0 Å². The van der Waals surface area contributed by atoms with Crippen LogP contribution in [0, 0.1) is 23.7 Å². The molecule has 0 radical (unpaired) electrons. The average molecular weight is 538 g/mol. The Hall–Kier alpha value is -2.32. The molecule has 4 rings (SSSR count). The second-order valence-corrected chi connectivity index (χ2v) is 11.6. The molecule has 3 fully saturated rings. The highest BCUT2D eigenvalue weighted by Gasteiger charge is 2.52. The number of amides is 3. The van der Waals surface area contributed by atoms with Crippen molar-refractivity contribution in [2.24, 2.45) is 23.7 Å². The molecule has 10 heteroatoms. The molecule has 1 saturated carbocycles. The minimum atomic E-state index is -1.30. The van der Waals surface area contributed by atoms with Crippen LogP contribution in [0.25, 0.3) is 0 Å². The van der Waals surface area contributed by atoms with Gasteiger partial charge in [-0.05, 0) is 69.1 Å². The highest BCUT2D eigenvalue weighted by Crippen LogP contribution is 2.43. The van der Waals surface area contributed by atoms with Crippen LogP contribution in [0.5, 0.6) is 5.75 Å². The summed E-state index contributed by atoms with van der Waals surface area (Å²) < 4.78 is 6.01. The monoisotopic (exact) mass is 537 g/mol. The van der Waals surface area contributed by atoms with Gasteiger partial charge < -0.3 is 25.1 Å². The lowest BCUT2D eigenvalue weighted by atomic mass is 9.90. The van der Waals surface area contributed by atoms with Gasteiger partial charge in [-0.15, -0.1) is 0 Å². The minimum Gasteiger partial charge on any atom is -0.476 e. The van der Waals surface area contributed by atoms with E-state index in [1.807, 2.05) is 6.92 Å². The van der Waals surface area contributed by atoms with Crippen LogP contribution in [0.1, 0.15) is 46.5 Å². The first kappa shape index (κ1) is 26.7. The number of aldehydes is 1. The highest BCUT2D eigenvalue weighted by atomic mass is 35.5. The van der Waals surface area contributed by atoms with Crippen LogP contribution in [0.3, 0.4) is 0 Å². The van der Waals surface area contributed by atoms with E-state index in [0.717, 1.165) is 19.3 Å². The van der Waals surface area contributed by atoms with Gasteiger partial charge in [0, 0.05) is 24.0 Å². The molecule has 196 valence electrons. The van der Waals surface area contributed by atoms with E-state index in [0.29, 0.717) is 30.1 Å². The topological polar surface area (TPSA) is 105 Å². The Labute approximate surface area is 221 Å². The Kier molecular flexibility index (Phi) is 7.86. The summed E-state index contributed by atoms with van der Waals surface area (Å²) in [5, 5.41) is 6.38. The van der Waals surface area contributed by atoms with Gasteiger partial charge in [-0.2, -0.15) is 0 Å². The zero-order valence-electron chi connectivity index (χ0n) is 20.8. The molecular weight excluding hydrogens is 505 g/mol. The molecule has 2 saturated heterocycles. The second-order valence-electron chi connectivity index (χ2n) is 10.8. The number of hydrogen-bond donors (Lipinski definition) is 2. The fourth-order valence-corrected chi connectivity index (χ4v) is 6.34. The SMILES string of the molecule is CC1CNC(=O)[C@@H]1C[C@@H](C=O)NC(=O)[C@@H]1C2CCC[C@H]2CN1C(=O)C(C)(C)Oc1ccc(Cl)cc1Cl. The quantitative estimate of drug-likeness (QED) is 0.495. The van der Waals surface area contributed by atoms with Crippen molar-refractivity contribution in [3.63, 3.8) is 0 Å². The van der Waals surface area contributed by atoms with E-state index in [2.05, 4.69) is 10.6 Å². The van der Waals surface area contributed by atoms with Crippen molar-refractivity contribution in [1.82, 2.24) is 15.5 Å². The van der Waals surface area contributed by atoms with Crippen LogP contribution >= 0.6 is 23.2 Å². The van der Waals surface area contributed by atoms with Crippen molar-refractivity contribution in [2.45, 2.75) is 64.1 Å². The normalized spacial score (nSPS) is 28.4. The van der Waals surface area contributed by atoms with Crippen LogP contribution in [0.2, 0.25) is 10.0 Å². The average Bonchev–Trinajstić information content (AvgIpc) is 3.50. The fourth-order valence-electron chi connectivity index (χ4n) is 5.90. The molecule has 0 spiro atoms. The Balaban J connectivity index is 1.51. The predicted molar refractivity (Wildman–Crippen MR) is 136 cm³/mol. The summed E-state index contributed by atoms with van der Waals surface area (Å²) in [5.41, 5.74) is -1.30. The van der Waals surface area contributed by atoms with E-state index in [-0.39, 0.29) is 52.8 Å². The molecule has 8 nitrogen and oxygen atoms in total. The number of halogens is 2. The van der Waals surface area contributed by atoms with E-state index >= 15 is 0 Å². The number of rotatable bonds is 8. The van der Waals surface area contributed by atoms with Gasteiger partial charge in [0.05, 0.1) is 11.1 Å². The third-order valence-electron chi connectivity index (χ3n) is 7.82. The first-order valence-corrected chi connectivity index (χ1v) is 13.3. The molecule has 2 N–H and O–H groups in total. The van der Waals surface area contributed by atoms with Gasteiger partial charge in [0.2, 0.25) is 11.8 Å². The van der Waals surface area contributed by atoms with Crippen LogP contribution in [-0.4, -0.2) is 59.7 Å². The maximum absolute atomic E-state index is 13.7. The number of carbonyl (C=O) groups is 4. The Bertz CT molecular complexity index is 1050. The number of nitrogens with zero attached hydrogens (tertiary/aromatic N) is 1. The molecule has 1 aromatic rings. The predicted octanol–water partition coefficient (Wildman–Crippen LogP) is 3.23. The second kappa shape index (κ2) is 10.6. The number of likely N-dealkylation sites (tertiary alicyclic amines) is 1. The first-order chi connectivity index (χ1) is 17.0. The summed E-state index contributed by atoms with van der Waals surface area (Å²) in [5.74, 6) is -0.479. The lowest BCUT2D eigenvalue weighted by Crippen LogP contribution is -2.57. The summed E-state index contributed by atoms with van der Waals surface area (Å²) in [6, 6.07) is 3.28. The maximum Gasteiger partial charge on any atom is 0.266 e. The third kappa shape index (κ3) is 5.35. The number of ether oxygens (including phenoxy) is 1. The summed E-state index contributed by atoms with van der Waals surface area (Å²) in [6.45, 7) is 6.26. The molecule has 2 unspecified atom stereocenters. The lowest BCUT2D eigenvalue weighted by molar-refractivity contribution is -0.150. The molecule has 6 atom stereocenters.